The van der Waals surface area contributed by atoms with Crippen LogP contribution in [0.4, 0.5) is 5.82 Å². The minimum Gasteiger partial charge on any atom is -0.382 e. The second-order valence-electron chi connectivity index (χ2n) is 8.72. The molecule has 11 heteroatoms. The molecule has 0 saturated carbocycles. The topological polar surface area (TPSA) is 160 Å². The molecule has 0 spiro atoms. The Morgan fingerprint density at radius 2 is 1.66 bits per heavy atom. The smallest absolute Gasteiger partial charge is 0.353 e. The summed E-state index contributed by atoms with van der Waals surface area (Å²) in [4.78, 5) is 22.3. The molecule has 202 valence electrons. The summed E-state index contributed by atoms with van der Waals surface area (Å²) in [6, 6.07) is 0. The summed E-state index contributed by atoms with van der Waals surface area (Å²) in [6.45, 7) is -0.151. The number of nitrogens with two attached hydrogens (primary N) is 1. The van der Waals surface area contributed by atoms with Gasteiger partial charge in [0, 0.05) is 6.85 Å². The highest BCUT2D eigenvalue weighted by molar-refractivity contribution is 7.52. The molecule has 35 heavy (non-hydrogen) atoms. The van der Waals surface area contributed by atoms with Crippen LogP contribution in [-0.4, -0.2) is 43.5 Å². The van der Waals surface area contributed by atoms with E-state index in [4.69, 9.17) is 21.8 Å². The largest absolute Gasteiger partial charge is 0.382 e. The molecule has 0 bridgehead atoms. The SMILES string of the molecule is N.[2H]C([2H])([2H])C([2H])([2H])CCCCCCCCCCCCCOP(=O)(O)COC(C)Cn1cnc2c(N)ncnc21. The van der Waals surface area contributed by atoms with E-state index in [0.717, 1.165) is 57.8 Å². The molecule has 0 saturated heterocycles. The molecular weight excluding hydrogens is 467 g/mol. The maximum absolute atomic E-state index is 12.3. The van der Waals surface area contributed by atoms with Crippen molar-refractivity contribution in [3.8, 4) is 0 Å². The van der Waals surface area contributed by atoms with Crippen molar-refractivity contribution < 1.29 is 25.6 Å². The molecule has 6 N–H and O–H groups in total. The summed E-state index contributed by atoms with van der Waals surface area (Å²) < 4.78 is 61.7. The first-order chi connectivity index (χ1) is 18.3. The fourth-order valence-electron chi connectivity index (χ4n) is 3.73. The number of nitrogens with zero attached hydrogens (tertiary/aromatic N) is 4. The third-order valence-corrected chi connectivity index (χ3v) is 6.71. The molecule has 0 fully saturated rings. The van der Waals surface area contributed by atoms with Crippen LogP contribution in [0.25, 0.3) is 11.2 Å². The number of hydrogen-bond acceptors (Lipinski definition) is 8. The van der Waals surface area contributed by atoms with Gasteiger partial charge in [0.05, 0.1) is 25.6 Å². The van der Waals surface area contributed by atoms with E-state index in [1.807, 2.05) is 0 Å². The molecule has 0 radical (unpaired) electrons. The Labute approximate surface area is 217 Å². The second kappa shape index (κ2) is 17.8. The average Bonchev–Trinajstić information content (AvgIpc) is 3.26. The van der Waals surface area contributed by atoms with Gasteiger partial charge in [0.1, 0.15) is 18.2 Å². The van der Waals surface area contributed by atoms with Gasteiger partial charge in [0.2, 0.25) is 0 Å². The van der Waals surface area contributed by atoms with Crippen LogP contribution in [0.1, 0.15) is 104 Å². The highest BCUT2D eigenvalue weighted by Crippen LogP contribution is 2.42. The summed E-state index contributed by atoms with van der Waals surface area (Å²) in [5, 5.41) is 0. The minimum atomic E-state index is -3.83. The average molecular weight is 520 g/mol. The highest BCUT2D eigenvalue weighted by atomic mass is 31.2. The number of hydrogen-bond donors (Lipinski definition) is 3. The number of aromatic nitrogens is 4. The Bertz CT molecular complexity index is 1040. The van der Waals surface area contributed by atoms with Crippen LogP contribution in [0.15, 0.2) is 12.7 Å². The summed E-state index contributed by atoms with van der Waals surface area (Å²) >= 11 is 0. The number of rotatable bonds is 20. The van der Waals surface area contributed by atoms with Crippen molar-refractivity contribution >= 4 is 24.6 Å². The van der Waals surface area contributed by atoms with Crippen molar-refractivity contribution in [1.82, 2.24) is 25.7 Å². The van der Waals surface area contributed by atoms with Crippen molar-refractivity contribution in [2.75, 3.05) is 18.7 Å². The Morgan fingerprint density at radius 3 is 2.29 bits per heavy atom. The van der Waals surface area contributed by atoms with E-state index >= 15 is 0 Å². The molecular formula is C24H47N6O4P. The van der Waals surface area contributed by atoms with Crippen molar-refractivity contribution in [1.29, 1.82) is 0 Å². The van der Waals surface area contributed by atoms with Crippen LogP contribution in [0.5, 0.6) is 0 Å². The van der Waals surface area contributed by atoms with Gasteiger partial charge in [-0.05, 0) is 13.3 Å². The van der Waals surface area contributed by atoms with Crippen LogP contribution >= 0.6 is 7.60 Å². The van der Waals surface area contributed by atoms with E-state index in [0.29, 0.717) is 36.4 Å². The molecule has 0 aromatic carbocycles. The normalized spacial score (nSPS) is 16.9. The third kappa shape index (κ3) is 12.8. The van der Waals surface area contributed by atoms with E-state index in [-0.39, 0.29) is 31.6 Å². The predicted octanol–water partition coefficient (Wildman–Crippen LogP) is 6.23. The summed E-state index contributed by atoms with van der Waals surface area (Å²) in [6.07, 6.45) is 10.9. The van der Waals surface area contributed by atoms with Crippen molar-refractivity contribution in [2.24, 2.45) is 0 Å². The molecule has 0 aliphatic rings. The van der Waals surface area contributed by atoms with E-state index in [9.17, 15) is 9.46 Å². The molecule has 2 heterocycles. The number of ether oxygens (including phenoxy) is 1. The van der Waals surface area contributed by atoms with E-state index in [2.05, 4.69) is 15.0 Å². The number of anilines is 1. The lowest BCUT2D eigenvalue weighted by Crippen LogP contribution is -2.17. The number of nitrogen functional groups attached to an aromatic ring is 1. The van der Waals surface area contributed by atoms with Crippen molar-refractivity contribution in [2.45, 2.75) is 110 Å². The maximum atomic E-state index is 12.3. The number of fused-ring (bicyclic) bond motifs is 1. The van der Waals surface area contributed by atoms with Crippen LogP contribution in [0, 0.1) is 0 Å². The van der Waals surface area contributed by atoms with Crippen LogP contribution in [-0.2, 0) is 20.4 Å². The maximum Gasteiger partial charge on any atom is 0.353 e. The Kier molecular flexibility index (Phi) is 12.1. The van der Waals surface area contributed by atoms with Gasteiger partial charge in [0.15, 0.2) is 11.5 Å². The van der Waals surface area contributed by atoms with Gasteiger partial charge in [0.25, 0.3) is 0 Å². The second-order valence-corrected chi connectivity index (χ2v) is 10.5. The first-order valence-corrected chi connectivity index (χ1v) is 14.1. The Morgan fingerprint density at radius 1 is 1.06 bits per heavy atom. The van der Waals surface area contributed by atoms with Gasteiger partial charge in [-0.25, -0.2) is 15.0 Å². The van der Waals surface area contributed by atoms with E-state index in [1.165, 1.54) is 6.33 Å². The van der Waals surface area contributed by atoms with Crippen LogP contribution in [0.3, 0.4) is 0 Å². The predicted molar refractivity (Wildman–Crippen MR) is 142 cm³/mol. The number of unbranched alkanes of at least 4 members (excludes halogenated alkanes) is 10. The molecule has 2 aromatic heterocycles. The molecule has 2 rings (SSSR count). The highest BCUT2D eigenvalue weighted by Gasteiger charge is 2.21. The van der Waals surface area contributed by atoms with Gasteiger partial charge in [-0.1, -0.05) is 83.9 Å². The fourth-order valence-corrected chi connectivity index (χ4v) is 4.67. The van der Waals surface area contributed by atoms with Crippen LogP contribution in [0.2, 0.25) is 0 Å². The van der Waals surface area contributed by atoms with E-state index in [1.54, 1.807) is 17.8 Å². The zero-order valence-electron chi connectivity index (χ0n) is 26.0. The molecule has 2 atom stereocenters. The van der Waals surface area contributed by atoms with Crippen molar-refractivity contribution in [3.63, 3.8) is 0 Å². The Hall–Kier alpha value is -1.58. The first-order valence-electron chi connectivity index (χ1n) is 14.8. The molecule has 2 unspecified atom stereocenters. The van der Waals surface area contributed by atoms with E-state index < -0.39 is 20.8 Å². The fraction of sp³-hybridized carbons (Fsp3) is 0.792. The van der Waals surface area contributed by atoms with Gasteiger partial charge >= 0.3 is 7.60 Å². The van der Waals surface area contributed by atoms with Gasteiger partial charge in [-0.2, -0.15) is 0 Å². The first kappa shape index (κ1) is 23.8. The Balaban J connectivity index is 0.00000800. The van der Waals surface area contributed by atoms with Gasteiger partial charge in [-0.15, -0.1) is 0 Å². The molecule has 0 aliphatic carbocycles. The molecule has 0 aliphatic heterocycles. The zero-order valence-corrected chi connectivity index (χ0v) is 21.9. The summed E-state index contributed by atoms with van der Waals surface area (Å²) in [7, 11) is -3.83. The van der Waals surface area contributed by atoms with Gasteiger partial charge in [-0.3, -0.25) is 4.57 Å². The zero-order chi connectivity index (χ0) is 28.9. The molecule has 10 nitrogen and oxygen atoms in total. The monoisotopic (exact) mass is 519 g/mol. The molecule has 2 aromatic rings. The lowest BCUT2D eigenvalue weighted by atomic mass is 10.0. The van der Waals surface area contributed by atoms with Crippen molar-refractivity contribution in [3.05, 3.63) is 12.7 Å². The van der Waals surface area contributed by atoms with Crippen LogP contribution < -0.4 is 11.9 Å². The summed E-state index contributed by atoms with van der Waals surface area (Å²) in [5.74, 6) is 0.294. The number of imidazole rings is 1. The van der Waals surface area contributed by atoms with Gasteiger partial charge < -0.3 is 30.6 Å². The lowest BCUT2D eigenvalue weighted by Gasteiger charge is -2.17. The summed E-state index contributed by atoms with van der Waals surface area (Å²) in [5.41, 5.74) is 6.87. The standard InChI is InChI=1S/C24H44N5O4P.H3N/c1-3-4-5-6-7-8-9-10-11-12-13-14-15-16-33-34(30,31)20-32-21(2)17-29-19-28-22-23(25)26-18-27-24(22)29;/h18-19,21H,3-17,20H2,1-2H3,(H,30,31)(H2,25,26,27);1H3/i1D3,3D2;. The minimum absolute atomic E-state index is 0. The lowest BCUT2D eigenvalue weighted by molar-refractivity contribution is 0.0715. The quantitative estimate of drug-likeness (QED) is 0.136. The molecule has 0 amide bonds. The third-order valence-electron chi connectivity index (χ3n) is 5.64.